The van der Waals surface area contributed by atoms with Crippen molar-refractivity contribution in [2.75, 3.05) is 13.1 Å². The van der Waals surface area contributed by atoms with Crippen LogP contribution in [0.5, 0.6) is 0 Å². The molecule has 2 unspecified atom stereocenters. The number of nitrogens with zero attached hydrogens (tertiary/aromatic N) is 3. The van der Waals surface area contributed by atoms with Crippen LogP contribution in [0.15, 0.2) is 0 Å². The maximum atomic E-state index is 12.5. The molecular formula is C12H18N4OS. The Morgan fingerprint density at radius 1 is 1.44 bits per heavy atom. The fraction of sp³-hybridized carbons (Fsp3) is 0.750. The zero-order valence-electron chi connectivity index (χ0n) is 10.6. The maximum absolute atomic E-state index is 12.5. The molecule has 1 N–H and O–H groups in total. The number of carbonyl (C=O) groups excluding carboxylic acids is 1. The van der Waals surface area contributed by atoms with Gasteiger partial charge in [-0.3, -0.25) is 4.79 Å². The van der Waals surface area contributed by atoms with Gasteiger partial charge in [0.2, 0.25) is 0 Å². The molecular weight excluding hydrogens is 248 g/mol. The largest absolute Gasteiger partial charge is 0.336 e. The predicted octanol–water partition coefficient (Wildman–Crippen LogP) is 1.07. The van der Waals surface area contributed by atoms with Crippen LogP contribution in [0.2, 0.25) is 0 Å². The van der Waals surface area contributed by atoms with Crippen LogP contribution in [0.3, 0.4) is 0 Å². The van der Waals surface area contributed by atoms with Gasteiger partial charge in [-0.15, -0.1) is 5.10 Å². The van der Waals surface area contributed by atoms with Crippen molar-refractivity contribution < 1.29 is 4.79 Å². The highest BCUT2D eigenvalue weighted by atomic mass is 32.1. The monoisotopic (exact) mass is 266 g/mol. The van der Waals surface area contributed by atoms with Crippen molar-refractivity contribution in [1.82, 2.24) is 19.8 Å². The molecule has 3 rings (SSSR count). The molecule has 1 amide bonds. The molecule has 98 valence electrons. The number of likely N-dealkylation sites (tertiary alicyclic amines) is 1. The third-order valence-electron chi connectivity index (χ3n) is 3.90. The molecule has 0 aromatic carbocycles. The Bertz CT molecular complexity index is 447. The number of hydrogen-bond donors (Lipinski definition) is 1. The summed E-state index contributed by atoms with van der Waals surface area (Å²) in [6, 6.07) is 1.09. The predicted molar refractivity (Wildman–Crippen MR) is 69.8 cm³/mol. The molecule has 2 saturated heterocycles. The van der Waals surface area contributed by atoms with Crippen molar-refractivity contribution in [2.24, 2.45) is 0 Å². The Hall–Kier alpha value is -1.01. The molecule has 0 radical (unpaired) electrons. The van der Waals surface area contributed by atoms with E-state index in [1.54, 1.807) is 0 Å². The van der Waals surface area contributed by atoms with E-state index >= 15 is 0 Å². The van der Waals surface area contributed by atoms with E-state index in [2.05, 4.69) is 14.9 Å². The number of fused-ring (bicyclic) bond motifs is 2. The van der Waals surface area contributed by atoms with Gasteiger partial charge in [0.25, 0.3) is 5.91 Å². The summed E-state index contributed by atoms with van der Waals surface area (Å²) in [6.07, 6.45) is 4.29. The lowest BCUT2D eigenvalue weighted by molar-refractivity contribution is 0.0751. The highest BCUT2D eigenvalue weighted by molar-refractivity contribution is 7.08. The summed E-state index contributed by atoms with van der Waals surface area (Å²) < 4.78 is 3.91. The van der Waals surface area contributed by atoms with Crippen molar-refractivity contribution >= 4 is 17.4 Å². The zero-order chi connectivity index (χ0) is 12.5. The Morgan fingerprint density at radius 3 is 3.11 bits per heavy atom. The Kier molecular flexibility index (Phi) is 3.30. The second kappa shape index (κ2) is 4.93. The van der Waals surface area contributed by atoms with E-state index < -0.39 is 0 Å². The number of carbonyl (C=O) groups is 1. The van der Waals surface area contributed by atoms with E-state index in [1.165, 1.54) is 24.4 Å². The lowest BCUT2D eigenvalue weighted by atomic mass is 10.1. The first kappa shape index (κ1) is 12.0. The van der Waals surface area contributed by atoms with Crippen LogP contribution in [0.1, 0.15) is 41.6 Å². The van der Waals surface area contributed by atoms with Gasteiger partial charge in [0.1, 0.15) is 4.88 Å². The minimum Gasteiger partial charge on any atom is -0.336 e. The molecule has 6 heteroatoms. The third-order valence-corrected chi connectivity index (χ3v) is 4.65. The highest BCUT2D eigenvalue weighted by Gasteiger charge is 2.32. The van der Waals surface area contributed by atoms with E-state index in [9.17, 15) is 4.79 Å². The first-order valence-corrected chi connectivity index (χ1v) is 7.41. The van der Waals surface area contributed by atoms with Gasteiger partial charge in [0.15, 0.2) is 0 Å². The van der Waals surface area contributed by atoms with Crippen molar-refractivity contribution in [1.29, 1.82) is 0 Å². The van der Waals surface area contributed by atoms with Gasteiger partial charge in [0, 0.05) is 25.2 Å². The van der Waals surface area contributed by atoms with Gasteiger partial charge in [-0.2, -0.15) is 0 Å². The molecule has 18 heavy (non-hydrogen) atoms. The lowest BCUT2D eigenvalue weighted by Gasteiger charge is -2.23. The van der Waals surface area contributed by atoms with Gasteiger partial charge in [-0.25, -0.2) is 0 Å². The molecule has 0 spiro atoms. The summed E-state index contributed by atoms with van der Waals surface area (Å²) in [5, 5.41) is 7.62. The molecule has 2 aliphatic rings. The first-order chi connectivity index (χ1) is 8.78. The highest BCUT2D eigenvalue weighted by Crippen LogP contribution is 2.23. The van der Waals surface area contributed by atoms with Gasteiger partial charge in [0.05, 0.1) is 5.69 Å². The van der Waals surface area contributed by atoms with Crippen LogP contribution < -0.4 is 5.32 Å². The van der Waals surface area contributed by atoms with Gasteiger partial charge in [-0.05, 0) is 37.2 Å². The van der Waals surface area contributed by atoms with Crippen LogP contribution >= 0.6 is 11.5 Å². The normalized spacial score (nSPS) is 27.3. The SMILES string of the molecule is CCc1nnsc1C(=O)N1CCC2CCC(C1)N2. The molecule has 5 nitrogen and oxygen atoms in total. The summed E-state index contributed by atoms with van der Waals surface area (Å²) in [6.45, 7) is 3.70. The van der Waals surface area contributed by atoms with Crippen molar-refractivity contribution in [2.45, 2.75) is 44.7 Å². The fourth-order valence-electron chi connectivity index (χ4n) is 2.87. The summed E-state index contributed by atoms with van der Waals surface area (Å²) in [4.78, 5) is 15.2. The van der Waals surface area contributed by atoms with E-state index in [4.69, 9.17) is 0 Å². The van der Waals surface area contributed by atoms with Crippen LogP contribution in [-0.4, -0.2) is 45.6 Å². The summed E-state index contributed by atoms with van der Waals surface area (Å²) in [7, 11) is 0. The van der Waals surface area contributed by atoms with Crippen LogP contribution in [0, 0.1) is 0 Å². The number of rotatable bonds is 2. The van der Waals surface area contributed by atoms with Gasteiger partial charge >= 0.3 is 0 Å². The Morgan fingerprint density at radius 2 is 2.28 bits per heavy atom. The van der Waals surface area contributed by atoms with Crippen molar-refractivity contribution in [3.8, 4) is 0 Å². The first-order valence-electron chi connectivity index (χ1n) is 6.64. The number of aryl methyl sites for hydroxylation is 1. The van der Waals surface area contributed by atoms with Crippen molar-refractivity contribution in [3.05, 3.63) is 10.6 Å². The number of nitrogens with one attached hydrogen (secondary N) is 1. The molecule has 1 aromatic rings. The second-order valence-electron chi connectivity index (χ2n) is 5.08. The molecule has 0 aliphatic carbocycles. The van der Waals surface area contributed by atoms with Crippen LogP contribution in [-0.2, 0) is 6.42 Å². The average Bonchev–Trinajstić information content (AvgIpc) is 2.94. The number of hydrogen-bond acceptors (Lipinski definition) is 5. The van der Waals surface area contributed by atoms with Crippen LogP contribution in [0.25, 0.3) is 0 Å². The summed E-state index contributed by atoms with van der Waals surface area (Å²) in [5.41, 5.74) is 0.840. The number of aromatic nitrogens is 2. The van der Waals surface area contributed by atoms with Crippen LogP contribution in [0.4, 0.5) is 0 Å². The Balaban J connectivity index is 1.76. The Labute approximate surface area is 111 Å². The molecule has 0 saturated carbocycles. The second-order valence-corrected chi connectivity index (χ2v) is 5.83. The summed E-state index contributed by atoms with van der Waals surface area (Å²) >= 11 is 1.23. The maximum Gasteiger partial charge on any atom is 0.267 e. The van der Waals surface area contributed by atoms with E-state index in [0.717, 1.165) is 36.5 Å². The molecule has 2 aliphatic heterocycles. The smallest absolute Gasteiger partial charge is 0.267 e. The molecule has 1 aromatic heterocycles. The van der Waals surface area contributed by atoms with E-state index in [0.29, 0.717) is 12.1 Å². The topological polar surface area (TPSA) is 58.1 Å². The summed E-state index contributed by atoms with van der Waals surface area (Å²) in [5.74, 6) is 0.121. The quantitative estimate of drug-likeness (QED) is 0.870. The molecule has 2 bridgehead atoms. The third kappa shape index (κ3) is 2.14. The van der Waals surface area contributed by atoms with Gasteiger partial charge in [-0.1, -0.05) is 11.4 Å². The fourth-order valence-corrected chi connectivity index (χ4v) is 3.59. The standard InChI is InChI=1S/C12H18N4OS/c1-2-10-11(18-15-14-10)12(17)16-6-5-8-3-4-9(7-16)13-8/h8-9,13H,2-7H2,1H3. The van der Waals surface area contributed by atoms with E-state index in [-0.39, 0.29) is 5.91 Å². The molecule has 2 fully saturated rings. The average molecular weight is 266 g/mol. The minimum absolute atomic E-state index is 0.121. The van der Waals surface area contributed by atoms with Gasteiger partial charge < -0.3 is 10.2 Å². The number of amides is 1. The molecule has 2 atom stereocenters. The van der Waals surface area contributed by atoms with Crippen molar-refractivity contribution in [3.63, 3.8) is 0 Å². The van der Waals surface area contributed by atoms with E-state index in [1.807, 2.05) is 11.8 Å². The lowest BCUT2D eigenvalue weighted by Crippen LogP contribution is -2.39. The minimum atomic E-state index is 0.121. The molecule has 3 heterocycles. The zero-order valence-corrected chi connectivity index (χ0v) is 11.4.